The fourth-order valence-corrected chi connectivity index (χ4v) is 3.42. The summed E-state index contributed by atoms with van der Waals surface area (Å²) in [5.74, 6) is 2.12. The van der Waals surface area contributed by atoms with E-state index in [1.807, 2.05) is 17.0 Å². The normalized spacial score (nSPS) is 16.2. The van der Waals surface area contributed by atoms with Crippen LogP contribution in [0.2, 0.25) is 0 Å². The highest BCUT2D eigenvalue weighted by molar-refractivity contribution is 5.98. The molecule has 6 nitrogen and oxygen atoms in total. The lowest BCUT2D eigenvalue weighted by atomic mass is 9.95. The van der Waals surface area contributed by atoms with E-state index in [1.54, 1.807) is 12.5 Å². The summed E-state index contributed by atoms with van der Waals surface area (Å²) >= 11 is 0. The minimum absolute atomic E-state index is 0.0179. The largest absolute Gasteiger partial charge is 0.467 e. The van der Waals surface area contributed by atoms with Crippen LogP contribution in [0.4, 0.5) is 5.82 Å². The predicted molar refractivity (Wildman–Crippen MR) is 110 cm³/mol. The number of rotatable bonds is 4. The summed E-state index contributed by atoms with van der Waals surface area (Å²) < 4.78 is 5.41. The highest BCUT2D eigenvalue weighted by Gasteiger charge is 2.24. The molecule has 0 spiro atoms. The number of hydrogen-bond donors (Lipinski definition) is 1. The fourth-order valence-electron chi connectivity index (χ4n) is 3.42. The van der Waals surface area contributed by atoms with Crippen LogP contribution in [0.5, 0.6) is 0 Å². The molecule has 1 saturated heterocycles. The Hall–Kier alpha value is -2.37. The molecule has 3 heterocycles. The second-order valence-electron chi connectivity index (χ2n) is 8.55. The summed E-state index contributed by atoms with van der Waals surface area (Å²) in [7, 11) is 0. The van der Waals surface area contributed by atoms with Crippen LogP contribution in [0.25, 0.3) is 0 Å². The zero-order valence-corrected chi connectivity index (χ0v) is 17.3. The van der Waals surface area contributed by atoms with Gasteiger partial charge in [-0.25, -0.2) is 9.97 Å². The lowest BCUT2D eigenvalue weighted by Gasteiger charge is -2.24. The summed E-state index contributed by atoms with van der Waals surface area (Å²) in [5, 5.41) is 3.30. The molecule has 0 saturated carbocycles. The van der Waals surface area contributed by atoms with Gasteiger partial charge in [0.15, 0.2) is 0 Å². The van der Waals surface area contributed by atoms with Crippen LogP contribution in [0.1, 0.15) is 81.2 Å². The summed E-state index contributed by atoms with van der Waals surface area (Å²) in [6.07, 6.45) is 10.4. The van der Waals surface area contributed by atoms with Gasteiger partial charge in [0, 0.05) is 24.7 Å². The summed E-state index contributed by atoms with van der Waals surface area (Å²) in [6, 6.07) is 3.76. The summed E-state index contributed by atoms with van der Waals surface area (Å²) in [6.45, 7) is 8.30. The number of carbonyl (C=O) groups excluding carboxylic acids is 1. The topological polar surface area (TPSA) is 71.3 Å². The number of anilines is 1. The van der Waals surface area contributed by atoms with Gasteiger partial charge in [-0.2, -0.15) is 0 Å². The summed E-state index contributed by atoms with van der Waals surface area (Å²) in [5.41, 5.74) is 0.347. The van der Waals surface area contributed by atoms with Gasteiger partial charge in [0.05, 0.1) is 12.8 Å². The fraction of sp³-hybridized carbons (Fsp3) is 0.591. The predicted octanol–water partition coefficient (Wildman–Crippen LogP) is 4.78. The van der Waals surface area contributed by atoms with Crippen molar-refractivity contribution in [3.8, 4) is 0 Å². The van der Waals surface area contributed by atoms with E-state index in [0.29, 0.717) is 17.9 Å². The van der Waals surface area contributed by atoms with Gasteiger partial charge in [0.1, 0.15) is 23.0 Å². The van der Waals surface area contributed by atoms with Crippen molar-refractivity contribution < 1.29 is 9.21 Å². The van der Waals surface area contributed by atoms with Crippen molar-refractivity contribution in [3.05, 3.63) is 41.7 Å². The average molecular weight is 385 g/mol. The third-order valence-corrected chi connectivity index (χ3v) is 5.09. The van der Waals surface area contributed by atoms with Gasteiger partial charge < -0.3 is 14.6 Å². The Morgan fingerprint density at radius 3 is 2.43 bits per heavy atom. The second-order valence-corrected chi connectivity index (χ2v) is 8.55. The van der Waals surface area contributed by atoms with Crippen LogP contribution in [0.15, 0.2) is 29.0 Å². The molecule has 0 unspecified atom stereocenters. The lowest BCUT2D eigenvalue weighted by molar-refractivity contribution is 0.0752. The first-order valence-corrected chi connectivity index (χ1v) is 10.4. The van der Waals surface area contributed by atoms with Gasteiger partial charge in [-0.05, 0) is 25.0 Å². The molecule has 0 radical (unpaired) electrons. The molecule has 0 aliphatic carbocycles. The smallest absolute Gasteiger partial charge is 0.259 e. The maximum absolute atomic E-state index is 13.3. The van der Waals surface area contributed by atoms with Gasteiger partial charge in [0.25, 0.3) is 5.91 Å². The van der Waals surface area contributed by atoms with Crippen LogP contribution in [0, 0.1) is 0 Å². The molecule has 1 N–H and O–H groups in total. The van der Waals surface area contributed by atoms with Crippen molar-refractivity contribution in [1.82, 2.24) is 14.9 Å². The minimum atomic E-state index is -0.193. The van der Waals surface area contributed by atoms with E-state index in [4.69, 9.17) is 9.40 Å². The van der Waals surface area contributed by atoms with Crippen molar-refractivity contribution >= 4 is 11.7 Å². The van der Waals surface area contributed by atoms with Crippen molar-refractivity contribution in [2.75, 3.05) is 18.4 Å². The quantitative estimate of drug-likeness (QED) is 0.822. The molecule has 2 aromatic heterocycles. The first-order chi connectivity index (χ1) is 13.4. The number of amides is 1. The third kappa shape index (κ3) is 5.33. The van der Waals surface area contributed by atoms with Gasteiger partial charge >= 0.3 is 0 Å². The molecule has 152 valence electrons. The van der Waals surface area contributed by atoms with Gasteiger partial charge in [0.2, 0.25) is 0 Å². The molecule has 1 aliphatic rings. The zero-order chi connectivity index (χ0) is 20.0. The van der Waals surface area contributed by atoms with Gasteiger partial charge in [-0.15, -0.1) is 0 Å². The Bertz CT molecular complexity index is 755. The minimum Gasteiger partial charge on any atom is -0.467 e. The molecule has 0 atom stereocenters. The van der Waals surface area contributed by atoms with Crippen molar-refractivity contribution in [2.24, 2.45) is 0 Å². The Kier molecular flexibility index (Phi) is 6.70. The van der Waals surface area contributed by atoms with E-state index in [-0.39, 0.29) is 11.3 Å². The Labute approximate surface area is 167 Å². The van der Waals surface area contributed by atoms with E-state index < -0.39 is 0 Å². The van der Waals surface area contributed by atoms with Crippen molar-refractivity contribution in [1.29, 1.82) is 0 Å². The monoisotopic (exact) mass is 384 g/mol. The van der Waals surface area contributed by atoms with Crippen LogP contribution in [0.3, 0.4) is 0 Å². The maximum Gasteiger partial charge on any atom is 0.259 e. The number of furan rings is 1. The van der Waals surface area contributed by atoms with E-state index >= 15 is 0 Å². The molecule has 28 heavy (non-hydrogen) atoms. The SMILES string of the molecule is CC(C)(C)c1ncc(C(=O)N2CCCCCCCC2)c(NCc2ccco2)n1. The third-order valence-electron chi connectivity index (χ3n) is 5.09. The van der Waals surface area contributed by atoms with E-state index in [0.717, 1.165) is 37.5 Å². The first-order valence-electron chi connectivity index (χ1n) is 10.4. The van der Waals surface area contributed by atoms with Crippen LogP contribution in [-0.4, -0.2) is 33.9 Å². The maximum atomic E-state index is 13.3. The molecule has 0 bridgehead atoms. The average Bonchev–Trinajstić information content (AvgIpc) is 3.22. The van der Waals surface area contributed by atoms with E-state index in [1.165, 1.54) is 25.7 Å². The van der Waals surface area contributed by atoms with Crippen LogP contribution < -0.4 is 5.32 Å². The summed E-state index contributed by atoms with van der Waals surface area (Å²) in [4.78, 5) is 24.5. The first kappa shape index (κ1) is 20.4. The Morgan fingerprint density at radius 2 is 1.82 bits per heavy atom. The standard InChI is InChI=1S/C22H32N4O2/c1-22(2,3)21-24-16-18(19(25-21)23-15-17-11-10-14-28-17)20(27)26-12-8-6-4-5-7-9-13-26/h10-11,14,16H,4-9,12-13,15H2,1-3H3,(H,23,24,25). The molecule has 1 amide bonds. The zero-order valence-electron chi connectivity index (χ0n) is 17.3. The Balaban J connectivity index is 1.85. The number of aromatic nitrogens is 2. The van der Waals surface area contributed by atoms with Crippen molar-refractivity contribution in [2.45, 2.75) is 71.3 Å². The highest BCUT2D eigenvalue weighted by atomic mass is 16.3. The second kappa shape index (κ2) is 9.22. The number of nitrogens with one attached hydrogen (secondary N) is 1. The van der Waals surface area contributed by atoms with Crippen LogP contribution in [-0.2, 0) is 12.0 Å². The number of hydrogen-bond acceptors (Lipinski definition) is 5. The van der Waals surface area contributed by atoms with E-state index in [2.05, 4.69) is 31.1 Å². The Morgan fingerprint density at radius 1 is 1.14 bits per heavy atom. The van der Waals surface area contributed by atoms with Gasteiger partial charge in [-0.3, -0.25) is 4.79 Å². The molecular weight excluding hydrogens is 352 g/mol. The van der Waals surface area contributed by atoms with Gasteiger partial charge in [-0.1, -0.05) is 46.5 Å². The molecular formula is C22H32N4O2. The molecule has 3 rings (SSSR count). The van der Waals surface area contributed by atoms with Crippen molar-refractivity contribution in [3.63, 3.8) is 0 Å². The molecule has 2 aromatic rings. The highest BCUT2D eigenvalue weighted by Crippen LogP contribution is 2.23. The molecule has 0 aromatic carbocycles. The molecule has 1 aliphatic heterocycles. The van der Waals surface area contributed by atoms with E-state index in [9.17, 15) is 4.79 Å². The van der Waals surface area contributed by atoms with Crippen LogP contribution >= 0.6 is 0 Å². The lowest BCUT2D eigenvalue weighted by Crippen LogP contribution is -2.34. The number of nitrogens with zero attached hydrogens (tertiary/aromatic N) is 3. The molecule has 1 fully saturated rings. The number of carbonyl (C=O) groups is 1. The molecule has 6 heteroatoms.